The Labute approximate surface area is 174 Å². The van der Waals surface area contributed by atoms with Gasteiger partial charge in [-0.3, -0.25) is 4.79 Å². The van der Waals surface area contributed by atoms with Gasteiger partial charge < -0.3 is 4.90 Å². The van der Waals surface area contributed by atoms with Crippen molar-refractivity contribution in [3.05, 3.63) is 65.2 Å². The number of fused-ring (bicyclic) bond motifs is 1. The third-order valence-electron chi connectivity index (χ3n) is 5.62. The second-order valence-electron chi connectivity index (χ2n) is 8.68. The summed E-state index contributed by atoms with van der Waals surface area (Å²) in [5.41, 5.74) is 3.52. The maximum absolute atomic E-state index is 12.6. The summed E-state index contributed by atoms with van der Waals surface area (Å²) in [6.07, 6.45) is 2.01. The van der Waals surface area contributed by atoms with Gasteiger partial charge in [0, 0.05) is 20.0 Å². The fraction of sp³-hybridized carbons (Fsp3) is 0.435. The van der Waals surface area contributed by atoms with Crippen molar-refractivity contribution >= 4 is 15.9 Å². The maximum atomic E-state index is 12.6. The molecule has 1 aliphatic rings. The summed E-state index contributed by atoms with van der Waals surface area (Å²) in [6.45, 7) is 6.33. The van der Waals surface area contributed by atoms with Gasteiger partial charge in [0.1, 0.15) is 0 Å². The number of rotatable bonds is 6. The summed E-state index contributed by atoms with van der Waals surface area (Å²) in [6, 6.07) is 15.2. The Bertz CT molecular complexity index is 976. The van der Waals surface area contributed by atoms with Crippen LogP contribution in [0.4, 0.5) is 0 Å². The lowest BCUT2D eigenvalue weighted by molar-refractivity contribution is -0.131. The SMILES string of the molecule is CN(C(=O)CCNS(=O)(=O)c1ccc(C(C)(C)C)cc1)C1CCc2ccccc21. The lowest BCUT2D eigenvalue weighted by Gasteiger charge is -2.25. The number of benzene rings is 2. The lowest BCUT2D eigenvalue weighted by Crippen LogP contribution is -2.34. The molecule has 29 heavy (non-hydrogen) atoms. The molecule has 2 aromatic carbocycles. The molecule has 6 heteroatoms. The zero-order valence-corrected chi connectivity index (χ0v) is 18.4. The smallest absolute Gasteiger partial charge is 0.240 e. The minimum absolute atomic E-state index is 0.0361. The molecular weight excluding hydrogens is 384 g/mol. The van der Waals surface area contributed by atoms with E-state index in [0.717, 1.165) is 18.4 Å². The number of amides is 1. The molecule has 1 amide bonds. The number of hydrogen-bond acceptors (Lipinski definition) is 3. The molecule has 0 radical (unpaired) electrons. The van der Waals surface area contributed by atoms with Gasteiger partial charge in [-0.1, -0.05) is 57.2 Å². The van der Waals surface area contributed by atoms with E-state index in [1.807, 2.05) is 24.3 Å². The van der Waals surface area contributed by atoms with E-state index in [4.69, 9.17) is 0 Å². The summed E-state index contributed by atoms with van der Waals surface area (Å²) in [4.78, 5) is 14.6. The third-order valence-corrected chi connectivity index (χ3v) is 7.10. The van der Waals surface area contributed by atoms with E-state index in [1.165, 1.54) is 11.1 Å². The Hall–Kier alpha value is -2.18. The molecule has 1 aliphatic carbocycles. The van der Waals surface area contributed by atoms with Crippen molar-refractivity contribution in [1.82, 2.24) is 9.62 Å². The maximum Gasteiger partial charge on any atom is 0.240 e. The van der Waals surface area contributed by atoms with Crippen molar-refractivity contribution < 1.29 is 13.2 Å². The summed E-state index contributed by atoms with van der Waals surface area (Å²) in [5, 5.41) is 0. The van der Waals surface area contributed by atoms with Crippen molar-refractivity contribution in [1.29, 1.82) is 0 Å². The van der Waals surface area contributed by atoms with E-state index in [1.54, 1.807) is 24.1 Å². The van der Waals surface area contributed by atoms with Crippen molar-refractivity contribution in [3.8, 4) is 0 Å². The largest absolute Gasteiger partial charge is 0.339 e. The van der Waals surface area contributed by atoms with Crippen LogP contribution in [0.1, 0.15) is 56.3 Å². The van der Waals surface area contributed by atoms with Gasteiger partial charge in [0.05, 0.1) is 10.9 Å². The van der Waals surface area contributed by atoms with E-state index in [0.29, 0.717) is 0 Å². The minimum Gasteiger partial charge on any atom is -0.339 e. The summed E-state index contributed by atoms with van der Waals surface area (Å²) in [5.74, 6) is -0.0579. The van der Waals surface area contributed by atoms with Crippen LogP contribution in [-0.2, 0) is 26.7 Å². The fourth-order valence-corrected chi connectivity index (χ4v) is 4.83. The molecule has 0 spiro atoms. The molecule has 1 N–H and O–H groups in total. The zero-order chi connectivity index (χ0) is 21.2. The monoisotopic (exact) mass is 414 g/mol. The van der Waals surface area contributed by atoms with Crippen molar-refractivity contribution in [2.24, 2.45) is 0 Å². The van der Waals surface area contributed by atoms with Crippen LogP contribution < -0.4 is 4.72 Å². The van der Waals surface area contributed by atoms with Crippen LogP contribution in [0, 0.1) is 0 Å². The van der Waals surface area contributed by atoms with Crippen LogP contribution in [-0.4, -0.2) is 32.8 Å². The first-order valence-corrected chi connectivity index (χ1v) is 11.5. The highest BCUT2D eigenvalue weighted by Gasteiger charge is 2.28. The average Bonchev–Trinajstić information content (AvgIpc) is 3.10. The van der Waals surface area contributed by atoms with E-state index < -0.39 is 10.0 Å². The van der Waals surface area contributed by atoms with Gasteiger partial charge in [0.2, 0.25) is 15.9 Å². The number of carbonyl (C=O) groups is 1. The minimum atomic E-state index is -3.63. The van der Waals surface area contributed by atoms with E-state index >= 15 is 0 Å². The van der Waals surface area contributed by atoms with Crippen LogP contribution in [0.5, 0.6) is 0 Å². The van der Waals surface area contributed by atoms with Gasteiger partial charge in [0.15, 0.2) is 0 Å². The summed E-state index contributed by atoms with van der Waals surface area (Å²) in [7, 11) is -1.83. The third kappa shape index (κ3) is 4.87. The van der Waals surface area contributed by atoms with Gasteiger partial charge >= 0.3 is 0 Å². The highest BCUT2D eigenvalue weighted by molar-refractivity contribution is 7.89. The fourth-order valence-electron chi connectivity index (χ4n) is 3.80. The molecule has 0 fully saturated rings. The van der Waals surface area contributed by atoms with E-state index in [-0.39, 0.29) is 35.2 Å². The van der Waals surface area contributed by atoms with E-state index in [9.17, 15) is 13.2 Å². The Kier molecular flexibility index (Phi) is 6.15. The number of carbonyl (C=O) groups excluding carboxylic acids is 1. The van der Waals surface area contributed by atoms with Gasteiger partial charge in [-0.15, -0.1) is 0 Å². The van der Waals surface area contributed by atoms with E-state index in [2.05, 4.69) is 37.6 Å². The van der Waals surface area contributed by atoms with Gasteiger partial charge in [0.25, 0.3) is 0 Å². The number of aryl methyl sites for hydroxylation is 1. The molecule has 2 aromatic rings. The number of nitrogens with zero attached hydrogens (tertiary/aromatic N) is 1. The molecule has 0 saturated carbocycles. The molecule has 0 saturated heterocycles. The standard InChI is InChI=1S/C23H30N2O3S/c1-23(2,3)18-10-12-19(13-11-18)29(27,28)24-16-15-22(26)25(4)21-14-9-17-7-5-6-8-20(17)21/h5-8,10-13,21,24H,9,14-16H2,1-4H3. The van der Waals surface area contributed by atoms with Crippen LogP contribution in [0.15, 0.2) is 53.4 Å². The molecule has 0 heterocycles. The number of nitrogens with one attached hydrogen (secondary N) is 1. The zero-order valence-electron chi connectivity index (χ0n) is 17.6. The molecule has 0 aromatic heterocycles. The van der Waals surface area contributed by atoms with Crippen LogP contribution in [0.25, 0.3) is 0 Å². The second kappa shape index (κ2) is 8.28. The van der Waals surface area contributed by atoms with Gasteiger partial charge in [-0.05, 0) is 47.1 Å². The Morgan fingerprint density at radius 2 is 1.76 bits per heavy atom. The van der Waals surface area contributed by atoms with Gasteiger partial charge in [-0.2, -0.15) is 0 Å². The molecule has 1 atom stereocenters. The normalized spacial score (nSPS) is 16.5. The number of sulfonamides is 1. The van der Waals surface area contributed by atoms with Crippen molar-refractivity contribution in [3.63, 3.8) is 0 Å². The lowest BCUT2D eigenvalue weighted by atomic mass is 9.87. The molecule has 0 aliphatic heterocycles. The molecule has 0 bridgehead atoms. The van der Waals surface area contributed by atoms with Crippen LogP contribution in [0.3, 0.4) is 0 Å². The first-order chi connectivity index (χ1) is 13.6. The van der Waals surface area contributed by atoms with Crippen LogP contribution in [0.2, 0.25) is 0 Å². The summed E-state index contributed by atoms with van der Waals surface area (Å²) >= 11 is 0. The molecular formula is C23H30N2O3S. The predicted octanol–water partition coefficient (Wildman–Crippen LogP) is 3.80. The highest BCUT2D eigenvalue weighted by atomic mass is 32.2. The average molecular weight is 415 g/mol. The Morgan fingerprint density at radius 3 is 2.41 bits per heavy atom. The Balaban J connectivity index is 1.57. The first-order valence-electron chi connectivity index (χ1n) is 10.0. The Morgan fingerprint density at radius 1 is 1.10 bits per heavy atom. The second-order valence-corrected chi connectivity index (χ2v) is 10.4. The molecule has 3 rings (SSSR count). The number of hydrogen-bond donors (Lipinski definition) is 1. The van der Waals surface area contributed by atoms with Crippen molar-refractivity contribution in [2.45, 2.75) is 56.4 Å². The highest BCUT2D eigenvalue weighted by Crippen LogP contribution is 2.35. The summed E-state index contributed by atoms with van der Waals surface area (Å²) < 4.78 is 27.6. The quantitative estimate of drug-likeness (QED) is 0.782. The topological polar surface area (TPSA) is 66.5 Å². The molecule has 156 valence electrons. The molecule has 5 nitrogen and oxygen atoms in total. The first kappa shape index (κ1) is 21.5. The predicted molar refractivity (Wildman–Crippen MR) is 115 cm³/mol. The van der Waals surface area contributed by atoms with Gasteiger partial charge in [-0.25, -0.2) is 13.1 Å². The van der Waals surface area contributed by atoms with Crippen molar-refractivity contribution in [2.75, 3.05) is 13.6 Å². The van der Waals surface area contributed by atoms with Crippen LogP contribution >= 0.6 is 0 Å². The molecule has 1 unspecified atom stereocenters.